The van der Waals surface area contributed by atoms with Gasteiger partial charge in [-0.25, -0.2) is 13.2 Å². The lowest BCUT2D eigenvalue weighted by Crippen LogP contribution is -2.51. The summed E-state index contributed by atoms with van der Waals surface area (Å²) in [4.78, 5) is 25.4. The highest BCUT2D eigenvalue weighted by Gasteiger charge is 2.29. The standard InChI is InChI=1S/C21H24N2O6S/c1-28-21(25)18-7-9-19(10-8-18)29-15-20(24)22-11-13-23(14-12-22)30(26,27)16-17-5-3-2-4-6-17/h2-10H,11-16H2,1H3. The SMILES string of the molecule is COC(=O)c1ccc(OCC(=O)N2CCN(S(=O)(=O)Cc3ccccc3)CC2)cc1. The number of benzene rings is 2. The molecule has 0 aliphatic carbocycles. The fraction of sp³-hybridized carbons (Fsp3) is 0.333. The number of rotatable bonds is 7. The van der Waals surface area contributed by atoms with Crippen molar-refractivity contribution in [3.63, 3.8) is 0 Å². The number of hydrogen-bond acceptors (Lipinski definition) is 6. The lowest BCUT2D eigenvalue weighted by molar-refractivity contribution is -0.134. The largest absolute Gasteiger partial charge is 0.484 e. The van der Waals surface area contributed by atoms with Crippen LogP contribution in [0.5, 0.6) is 5.75 Å². The van der Waals surface area contributed by atoms with Crippen molar-refractivity contribution in [2.24, 2.45) is 0 Å². The van der Waals surface area contributed by atoms with Gasteiger partial charge in [0.15, 0.2) is 6.61 Å². The van der Waals surface area contributed by atoms with Crippen LogP contribution < -0.4 is 4.74 Å². The fourth-order valence-electron chi connectivity index (χ4n) is 3.13. The maximum atomic E-state index is 12.6. The van der Waals surface area contributed by atoms with Crippen LogP contribution in [0.1, 0.15) is 15.9 Å². The Bertz CT molecular complexity index is 968. The maximum absolute atomic E-state index is 12.6. The van der Waals surface area contributed by atoms with Crippen molar-refractivity contribution in [3.05, 3.63) is 65.7 Å². The van der Waals surface area contributed by atoms with Gasteiger partial charge < -0.3 is 14.4 Å². The summed E-state index contributed by atoms with van der Waals surface area (Å²) in [5, 5.41) is 0. The van der Waals surface area contributed by atoms with Crippen LogP contribution >= 0.6 is 0 Å². The summed E-state index contributed by atoms with van der Waals surface area (Å²) in [6.07, 6.45) is 0. The van der Waals surface area contributed by atoms with Gasteiger partial charge in [0, 0.05) is 26.2 Å². The Kier molecular flexibility index (Phi) is 7.07. The van der Waals surface area contributed by atoms with Crippen LogP contribution in [-0.4, -0.2) is 69.4 Å². The van der Waals surface area contributed by atoms with Gasteiger partial charge in [-0.15, -0.1) is 0 Å². The Hall–Kier alpha value is -2.91. The van der Waals surface area contributed by atoms with E-state index in [1.54, 1.807) is 41.3 Å². The quantitative estimate of drug-likeness (QED) is 0.616. The van der Waals surface area contributed by atoms with Crippen molar-refractivity contribution < 1.29 is 27.5 Å². The Morgan fingerprint density at radius 3 is 2.17 bits per heavy atom. The molecule has 0 unspecified atom stereocenters. The zero-order valence-corrected chi connectivity index (χ0v) is 17.5. The summed E-state index contributed by atoms with van der Waals surface area (Å²) < 4.78 is 36.8. The molecule has 9 heteroatoms. The van der Waals surface area contributed by atoms with E-state index >= 15 is 0 Å². The zero-order valence-electron chi connectivity index (χ0n) is 16.7. The first-order valence-corrected chi connectivity index (χ1v) is 11.1. The molecule has 1 saturated heterocycles. The average molecular weight is 432 g/mol. The summed E-state index contributed by atoms with van der Waals surface area (Å²) in [5.41, 5.74) is 1.13. The second kappa shape index (κ2) is 9.73. The second-order valence-corrected chi connectivity index (χ2v) is 8.80. The average Bonchev–Trinajstić information content (AvgIpc) is 2.77. The van der Waals surface area contributed by atoms with E-state index in [4.69, 9.17) is 4.74 Å². The van der Waals surface area contributed by atoms with E-state index < -0.39 is 16.0 Å². The molecule has 1 amide bonds. The van der Waals surface area contributed by atoms with Gasteiger partial charge in [-0.1, -0.05) is 30.3 Å². The number of carbonyl (C=O) groups is 2. The van der Waals surface area contributed by atoms with Crippen molar-refractivity contribution in [1.82, 2.24) is 9.21 Å². The molecule has 2 aromatic carbocycles. The highest BCUT2D eigenvalue weighted by Crippen LogP contribution is 2.15. The van der Waals surface area contributed by atoms with Crippen molar-refractivity contribution in [3.8, 4) is 5.75 Å². The van der Waals surface area contributed by atoms with E-state index in [2.05, 4.69) is 4.74 Å². The molecule has 160 valence electrons. The molecule has 30 heavy (non-hydrogen) atoms. The van der Waals surface area contributed by atoms with Gasteiger partial charge in [0.05, 0.1) is 18.4 Å². The minimum absolute atomic E-state index is 0.0491. The third-order valence-corrected chi connectivity index (χ3v) is 6.66. The third-order valence-electron chi connectivity index (χ3n) is 4.81. The first-order valence-electron chi connectivity index (χ1n) is 9.50. The van der Waals surface area contributed by atoms with Gasteiger partial charge in [0.25, 0.3) is 5.91 Å². The van der Waals surface area contributed by atoms with Crippen LogP contribution in [-0.2, 0) is 25.3 Å². The first-order chi connectivity index (χ1) is 14.4. The minimum atomic E-state index is -3.43. The van der Waals surface area contributed by atoms with E-state index in [0.29, 0.717) is 24.4 Å². The third kappa shape index (κ3) is 5.58. The highest BCUT2D eigenvalue weighted by molar-refractivity contribution is 7.88. The number of hydrogen-bond donors (Lipinski definition) is 0. The minimum Gasteiger partial charge on any atom is -0.484 e. The molecule has 0 spiro atoms. The number of methoxy groups -OCH3 is 1. The Morgan fingerprint density at radius 1 is 0.933 bits per heavy atom. The van der Waals surface area contributed by atoms with Crippen LogP contribution in [0.15, 0.2) is 54.6 Å². The molecule has 1 aliphatic rings. The predicted molar refractivity (Wildman–Crippen MR) is 110 cm³/mol. The van der Waals surface area contributed by atoms with Crippen LogP contribution in [0.4, 0.5) is 0 Å². The topological polar surface area (TPSA) is 93.2 Å². The molecule has 2 aromatic rings. The molecule has 8 nitrogen and oxygen atoms in total. The monoisotopic (exact) mass is 432 g/mol. The summed E-state index contributed by atoms with van der Waals surface area (Å²) in [7, 11) is -2.12. The van der Waals surface area contributed by atoms with Gasteiger partial charge in [0.2, 0.25) is 10.0 Å². The number of carbonyl (C=O) groups excluding carboxylic acids is 2. The van der Waals surface area contributed by atoms with Crippen molar-refractivity contribution in [2.75, 3.05) is 39.9 Å². The van der Waals surface area contributed by atoms with E-state index in [1.165, 1.54) is 11.4 Å². The molecule has 3 rings (SSSR count). The van der Waals surface area contributed by atoms with E-state index in [9.17, 15) is 18.0 Å². The van der Waals surface area contributed by atoms with E-state index in [-0.39, 0.29) is 31.4 Å². The van der Waals surface area contributed by atoms with Crippen LogP contribution in [0.2, 0.25) is 0 Å². The molecular formula is C21H24N2O6S. The zero-order chi connectivity index (χ0) is 21.6. The Labute approximate surface area is 176 Å². The number of nitrogens with zero attached hydrogens (tertiary/aromatic N) is 2. The van der Waals surface area contributed by atoms with E-state index in [1.807, 2.05) is 18.2 Å². The number of ether oxygens (including phenoxy) is 2. The molecule has 0 atom stereocenters. The lowest BCUT2D eigenvalue weighted by atomic mass is 10.2. The molecule has 0 radical (unpaired) electrons. The summed E-state index contributed by atoms with van der Waals surface area (Å²) in [6.45, 7) is 0.993. The molecule has 1 aliphatic heterocycles. The Balaban J connectivity index is 1.47. The van der Waals surface area contributed by atoms with Gasteiger partial charge in [-0.05, 0) is 29.8 Å². The lowest BCUT2D eigenvalue weighted by Gasteiger charge is -2.34. The van der Waals surface area contributed by atoms with Crippen LogP contribution in [0, 0.1) is 0 Å². The Morgan fingerprint density at radius 2 is 1.57 bits per heavy atom. The highest BCUT2D eigenvalue weighted by atomic mass is 32.2. The first kappa shape index (κ1) is 21.8. The molecule has 0 aromatic heterocycles. The molecular weight excluding hydrogens is 408 g/mol. The van der Waals surface area contributed by atoms with Crippen molar-refractivity contribution in [1.29, 1.82) is 0 Å². The molecule has 0 saturated carbocycles. The smallest absolute Gasteiger partial charge is 0.337 e. The van der Waals surface area contributed by atoms with Gasteiger partial charge in [-0.2, -0.15) is 4.31 Å². The van der Waals surface area contributed by atoms with Crippen molar-refractivity contribution >= 4 is 21.9 Å². The molecule has 1 heterocycles. The summed E-state index contributed by atoms with van der Waals surface area (Å²) in [6, 6.07) is 15.3. The van der Waals surface area contributed by atoms with Crippen LogP contribution in [0.25, 0.3) is 0 Å². The predicted octanol–water partition coefficient (Wildman–Crippen LogP) is 1.53. The number of sulfonamides is 1. The number of amides is 1. The van der Waals surface area contributed by atoms with Gasteiger partial charge in [0.1, 0.15) is 5.75 Å². The van der Waals surface area contributed by atoms with Gasteiger partial charge in [-0.3, -0.25) is 4.79 Å². The summed E-state index contributed by atoms with van der Waals surface area (Å²) >= 11 is 0. The van der Waals surface area contributed by atoms with Gasteiger partial charge >= 0.3 is 5.97 Å². The van der Waals surface area contributed by atoms with Crippen LogP contribution in [0.3, 0.4) is 0 Å². The maximum Gasteiger partial charge on any atom is 0.337 e. The number of esters is 1. The second-order valence-electron chi connectivity index (χ2n) is 6.83. The molecule has 0 N–H and O–H groups in total. The number of piperazine rings is 1. The fourth-order valence-corrected chi connectivity index (χ4v) is 4.65. The molecule has 0 bridgehead atoms. The molecule has 1 fully saturated rings. The summed E-state index contributed by atoms with van der Waals surface area (Å²) in [5.74, 6) is -0.253. The van der Waals surface area contributed by atoms with E-state index in [0.717, 1.165) is 5.56 Å². The van der Waals surface area contributed by atoms with Crippen molar-refractivity contribution in [2.45, 2.75) is 5.75 Å². The normalized spacial score (nSPS) is 14.9.